The van der Waals surface area contributed by atoms with Crippen molar-refractivity contribution in [3.05, 3.63) is 33.7 Å². The Labute approximate surface area is 137 Å². The first-order chi connectivity index (χ1) is 11.4. The number of aliphatic hydroxyl groups is 1. The van der Waals surface area contributed by atoms with E-state index in [9.17, 15) is 19.8 Å². The molecular weight excluding hydrogens is 314 g/mol. The van der Waals surface area contributed by atoms with Gasteiger partial charge in [-0.2, -0.15) is 0 Å². The highest BCUT2D eigenvalue weighted by atomic mass is 16.6. The number of phenols is 1. The average Bonchev–Trinajstić information content (AvgIpc) is 2.49. The van der Waals surface area contributed by atoms with Gasteiger partial charge in [-0.25, -0.2) is 0 Å². The summed E-state index contributed by atoms with van der Waals surface area (Å²) in [6.45, 7) is 2.18. The predicted molar refractivity (Wildman–Crippen MR) is 84.0 cm³/mol. The van der Waals surface area contributed by atoms with Crippen molar-refractivity contribution in [2.24, 2.45) is 5.92 Å². The zero-order chi connectivity index (χ0) is 17.2. The van der Waals surface area contributed by atoms with E-state index in [0.717, 1.165) is 0 Å². The molecule has 0 aliphatic carbocycles. The fourth-order valence-electron chi connectivity index (χ4n) is 3.77. The summed E-state index contributed by atoms with van der Waals surface area (Å²) in [4.78, 5) is 26.3. The number of hydrogen-bond acceptors (Lipinski definition) is 6. The molecule has 0 bridgehead atoms. The van der Waals surface area contributed by atoms with Crippen LogP contribution in [0.1, 0.15) is 23.7 Å². The Morgan fingerprint density at radius 3 is 2.79 bits per heavy atom. The summed E-state index contributed by atoms with van der Waals surface area (Å²) in [5.41, 5.74) is 0.450. The molecule has 3 atom stereocenters. The lowest BCUT2D eigenvalue weighted by atomic mass is 9.77. The van der Waals surface area contributed by atoms with E-state index < -0.39 is 12.2 Å². The normalized spacial score (nSPS) is 26.0. The zero-order valence-electron chi connectivity index (χ0n) is 13.3. The third kappa shape index (κ3) is 1.94. The largest absolute Gasteiger partial charge is 0.507 e. The van der Waals surface area contributed by atoms with Gasteiger partial charge in [-0.3, -0.25) is 9.59 Å². The number of phenolic OH excluding ortho intramolecular Hbond substituents is 1. The van der Waals surface area contributed by atoms with Crippen molar-refractivity contribution in [3.63, 3.8) is 0 Å². The lowest BCUT2D eigenvalue weighted by Crippen LogP contribution is -2.51. The van der Waals surface area contributed by atoms with Gasteiger partial charge in [0.1, 0.15) is 34.1 Å². The van der Waals surface area contributed by atoms with Gasteiger partial charge in [-0.15, -0.1) is 0 Å². The van der Waals surface area contributed by atoms with Crippen LogP contribution in [0.15, 0.2) is 21.3 Å². The van der Waals surface area contributed by atoms with Crippen LogP contribution in [-0.4, -0.2) is 40.9 Å². The highest BCUT2D eigenvalue weighted by Gasteiger charge is 2.47. The molecule has 3 unspecified atom stereocenters. The van der Waals surface area contributed by atoms with Gasteiger partial charge in [0.2, 0.25) is 12.2 Å². The molecule has 7 nitrogen and oxygen atoms in total. The standard InChI is InChI=1S/C17H17NO6/c1-7-5-9(19)14-10(20)6-11-12(15(14)23-7)8-3-4-18(2)16(21)13(8)17(22)24-11/h5-6,8,13,17,20,22H,3-4H2,1-2H3. The van der Waals surface area contributed by atoms with Crippen LogP contribution < -0.4 is 10.2 Å². The molecule has 2 aromatic rings. The van der Waals surface area contributed by atoms with Crippen molar-refractivity contribution in [1.82, 2.24) is 4.90 Å². The maximum absolute atomic E-state index is 12.5. The molecule has 0 radical (unpaired) electrons. The minimum atomic E-state index is -1.30. The minimum absolute atomic E-state index is 0.0736. The maximum atomic E-state index is 12.5. The topological polar surface area (TPSA) is 100 Å². The molecule has 2 aliphatic heterocycles. The molecule has 1 fully saturated rings. The highest BCUT2D eigenvalue weighted by Crippen LogP contribution is 2.49. The number of benzene rings is 1. The van der Waals surface area contributed by atoms with Gasteiger partial charge in [0.15, 0.2) is 5.43 Å². The summed E-state index contributed by atoms with van der Waals surface area (Å²) in [5, 5.41) is 20.5. The molecule has 126 valence electrons. The zero-order valence-corrected chi connectivity index (χ0v) is 13.3. The number of carbonyl (C=O) groups is 1. The quantitative estimate of drug-likeness (QED) is 0.749. The van der Waals surface area contributed by atoms with Crippen LogP contribution in [0.2, 0.25) is 0 Å². The smallest absolute Gasteiger partial charge is 0.232 e. The van der Waals surface area contributed by atoms with E-state index in [2.05, 4.69) is 0 Å². The van der Waals surface area contributed by atoms with Gasteiger partial charge in [0.05, 0.1) is 0 Å². The molecule has 1 saturated heterocycles. The van der Waals surface area contributed by atoms with Gasteiger partial charge in [0.25, 0.3) is 0 Å². The van der Waals surface area contributed by atoms with Crippen molar-refractivity contribution < 1.29 is 24.2 Å². The van der Waals surface area contributed by atoms with Crippen molar-refractivity contribution in [2.45, 2.75) is 25.6 Å². The first kappa shape index (κ1) is 15.0. The number of ether oxygens (including phenoxy) is 1. The molecule has 4 rings (SSSR count). The number of aromatic hydroxyl groups is 1. The minimum Gasteiger partial charge on any atom is -0.507 e. The van der Waals surface area contributed by atoms with Crippen LogP contribution >= 0.6 is 0 Å². The number of amides is 1. The molecule has 0 spiro atoms. The van der Waals surface area contributed by atoms with E-state index >= 15 is 0 Å². The molecule has 24 heavy (non-hydrogen) atoms. The molecule has 1 aromatic heterocycles. The van der Waals surface area contributed by atoms with Crippen LogP contribution in [0, 0.1) is 12.8 Å². The number of fused-ring (bicyclic) bond motifs is 5. The number of likely N-dealkylation sites (tertiary alicyclic amines) is 1. The van der Waals surface area contributed by atoms with Crippen molar-refractivity contribution >= 4 is 16.9 Å². The van der Waals surface area contributed by atoms with Crippen LogP contribution in [0.3, 0.4) is 0 Å². The Bertz CT molecular complexity index is 917. The molecule has 2 aliphatic rings. The number of hydrogen-bond donors (Lipinski definition) is 2. The van der Waals surface area contributed by atoms with Crippen LogP contribution in [-0.2, 0) is 4.79 Å². The van der Waals surface area contributed by atoms with Crippen molar-refractivity contribution in [2.75, 3.05) is 13.6 Å². The van der Waals surface area contributed by atoms with Gasteiger partial charge >= 0.3 is 0 Å². The third-order valence-corrected chi connectivity index (χ3v) is 4.90. The van der Waals surface area contributed by atoms with E-state index in [-0.39, 0.29) is 39.7 Å². The number of aliphatic hydroxyl groups excluding tert-OH is 1. The Hall–Kier alpha value is -2.54. The summed E-state index contributed by atoms with van der Waals surface area (Å²) in [6, 6.07) is 2.62. The van der Waals surface area contributed by atoms with E-state index in [1.807, 2.05) is 0 Å². The second kappa shape index (κ2) is 4.98. The number of rotatable bonds is 0. The number of carbonyl (C=O) groups excluding carboxylic acids is 1. The van der Waals surface area contributed by atoms with E-state index in [0.29, 0.717) is 24.3 Å². The second-order valence-corrected chi connectivity index (χ2v) is 6.42. The second-order valence-electron chi connectivity index (χ2n) is 6.42. The molecule has 2 N–H and O–H groups in total. The summed E-state index contributed by atoms with van der Waals surface area (Å²) < 4.78 is 11.2. The Kier molecular flexibility index (Phi) is 3.11. The fourth-order valence-corrected chi connectivity index (χ4v) is 3.77. The van der Waals surface area contributed by atoms with Crippen LogP contribution in [0.4, 0.5) is 0 Å². The number of aryl methyl sites for hydroxylation is 1. The highest BCUT2D eigenvalue weighted by molar-refractivity contribution is 5.91. The van der Waals surface area contributed by atoms with Crippen molar-refractivity contribution in [1.29, 1.82) is 0 Å². The Morgan fingerprint density at radius 2 is 2.04 bits per heavy atom. The fraction of sp³-hybridized carbons (Fsp3) is 0.412. The molecule has 0 saturated carbocycles. The third-order valence-electron chi connectivity index (χ3n) is 4.90. The van der Waals surface area contributed by atoms with E-state index in [1.54, 1.807) is 18.9 Å². The molecule has 7 heteroatoms. The lowest BCUT2D eigenvalue weighted by Gasteiger charge is -2.42. The molecule has 1 aromatic carbocycles. The summed E-state index contributed by atoms with van der Waals surface area (Å²) in [6.07, 6.45) is -0.691. The summed E-state index contributed by atoms with van der Waals surface area (Å²) >= 11 is 0. The molecular formula is C17H17NO6. The SMILES string of the molecule is Cc1cc(=O)c2c(O)cc3c(c2o1)C1CCN(C)C(=O)C1C(O)O3. The Balaban J connectivity index is 2.04. The van der Waals surface area contributed by atoms with Gasteiger partial charge in [0, 0.05) is 37.2 Å². The Morgan fingerprint density at radius 1 is 1.29 bits per heavy atom. The van der Waals surface area contributed by atoms with Gasteiger partial charge in [-0.1, -0.05) is 0 Å². The number of piperidine rings is 1. The first-order valence-corrected chi connectivity index (χ1v) is 7.78. The molecule has 3 heterocycles. The predicted octanol–water partition coefficient (Wildman–Crippen LogP) is 1.08. The lowest BCUT2D eigenvalue weighted by molar-refractivity contribution is -0.157. The molecule has 1 amide bonds. The van der Waals surface area contributed by atoms with E-state index in [4.69, 9.17) is 9.15 Å². The van der Waals surface area contributed by atoms with Gasteiger partial charge in [-0.05, 0) is 13.3 Å². The first-order valence-electron chi connectivity index (χ1n) is 7.78. The van der Waals surface area contributed by atoms with Crippen LogP contribution in [0.5, 0.6) is 11.5 Å². The monoisotopic (exact) mass is 331 g/mol. The summed E-state index contributed by atoms with van der Waals surface area (Å²) in [5.74, 6) is -0.902. The van der Waals surface area contributed by atoms with Crippen molar-refractivity contribution in [3.8, 4) is 11.5 Å². The van der Waals surface area contributed by atoms with Gasteiger partial charge < -0.3 is 24.3 Å². The van der Waals surface area contributed by atoms with E-state index in [1.165, 1.54) is 12.1 Å². The summed E-state index contributed by atoms with van der Waals surface area (Å²) in [7, 11) is 1.68. The maximum Gasteiger partial charge on any atom is 0.232 e. The average molecular weight is 331 g/mol. The number of nitrogens with zero attached hydrogens (tertiary/aromatic N) is 1. The van der Waals surface area contributed by atoms with Crippen LogP contribution in [0.25, 0.3) is 11.0 Å².